The highest BCUT2D eigenvalue weighted by atomic mass is 79.9. The van der Waals surface area contributed by atoms with Gasteiger partial charge in [-0.05, 0) is 59.1 Å². The summed E-state index contributed by atoms with van der Waals surface area (Å²) in [4.78, 5) is 23.4. The Morgan fingerprint density at radius 3 is 2.59 bits per heavy atom. The first-order valence-electron chi connectivity index (χ1n) is 6.49. The monoisotopic (exact) mass is 382 g/mol. The van der Waals surface area contributed by atoms with Crippen molar-refractivity contribution in [2.24, 2.45) is 0 Å². The van der Waals surface area contributed by atoms with Gasteiger partial charge in [-0.15, -0.1) is 11.3 Å². The standard InChI is InChI=1S/C15H15BrN2O3S/c1-9-3-4-12(5-10(9)2)21-7-14(19)17-18-15(20)11-6-13(16)22-8-11/h3-6,8H,7H2,1-2H3,(H,17,19)(H,18,20). The van der Waals surface area contributed by atoms with Crippen LogP contribution in [-0.4, -0.2) is 18.4 Å². The van der Waals surface area contributed by atoms with E-state index >= 15 is 0 Å². The van der Waals surface area contributed by atoms with Crippen LogP contribution in [0, 0.1) is 13.8 Å². The number of halogens is 1. The van der Waals surface area contributed by atoms with Gasteiger partial charge in [0, 0.05) is 5.38 Å². The molecule has 2 rings (SSSR count). The molecule has 1 aromatic heterocycles. The summed E-state index contributed by atoms with van der Waals surface area (Å²) in [7, 11) is 0. The first-order chi connectivity index (χ1) is 10.5. The average Bonchev–Trinajstić information content (AvgIpc) is 2.92. The largest absolute Gasteiger partial charge is 0.484 e. The molecular formula is C15H15BrN2O3S. The van der Waals surface area contributed by atoms with Crippen LogP contribution >= 0.6 is 27.3 Å². The zero-order chi connectivity index (χ0) is 16.1. The van der Waals surface area contributed by atoms with Gasteiger partial charge in [0.1, 0.15) is 5.75 Å². The first-order valence-corrected chi connectivity index (χ1v) is 8.16. The summed E-state index contributed by atoms with van der Waals surface area (Å²) >= 11 is 4.67. The number of hydrogen-bond donors (Lipinski definition) is 2. The Morgan fingerprint density at radius 2 is 1.95 bits per heavy atom. The van der Waals surface area contributed by atoms with Gasteiger partial charge < -0.3 is 4.74 Å². The van der Waals surface area contributed by atoms with E-state index in [9.17, 15) is 9.59 Å². The Hall–Kier alpha value is -1.86. The third kappa shape index (κ3) is 4.57. The number of aryl methyl sites for hydroxylation is 2. The van der Waals surface area contributed by atoms with Crippen molar-refractivity contribution in [2.75, 3.05) is 6.61 Å². The van der Waals surface area contributed by atoms with E-state index in [-0.39, 0.29) is 12.5 Å². The predicted molar refractivity (Wildman–Crippen MR) is 89.0 cm³/mol. The molecule has 0 spiro atoms. The van der Waals surface area contributed by atoms with Crippen LogP contribution in [0.25, 0.3) is 0 Å². The molecule has 1 heterocycles. The lowest BCUT2D eigenvalue weighted by atomic mass is 10.1. The molecule has 0 unspecified atom stereocenters. The van der Waals surface area contributed by atoms with Gasteiger partial charge in [0.25, 0.3) is 11.8 Å². The van der Waals surface area contributed by atoms with Gasteiger partial charge in [-0.3, -0.25) is 20.4 Å². The molecule has 116 valence electrons. The van der Waals surface area contributed by atoms with E-state index in [1.807, 2.05) is 26.0 Å². The van der Waals surface area contributed by atoms with E-state index in [4.69, 9.17) is 4.74 Å². The zero-order valence-corrected chi connectivity index (χ0v) is 14.5. The minimum absolute atomic E-state index is 0.171. The summed E-state index contributed by atoms with van der Waals surface area (Å²) in [5, 5.41) is 1.69. The quantitative estimate of drug-likeness (QED) is 0.798. The highest BCUT2D eigenvalue weighted by Crippen LogP contribution is 2.20. The van der Waals surface area contributed by atoms with Crippen LogP contribution < -0.4 is 15.6 Å². The van der Waals surface area contributed by atoms with Crippen molar-refractivity contribution >= 4 is 39.1 Å². The summed E-state index contributed by atoms with van der Waals surface area (Å²) in [6, 6.07) is 7.28. The fraction of sp³-hybridized carbons (Fsp3) is 0.200. The van der Waals surface area contributed by atoms with Crippen LogP contribution in [-0.2, 0) is 4.79 Å². The third-order valence-corrected chi connectivity index (χ3v) is 4.50. The molecule has 2 N–H and O–H groups in total. The number of benzene rings is 1. The number of carbonyl (C=O) groups excluding carboxylic acids is 2. The summed E-state index contributed by atoms with van der Waals surface area (Å²) < 4.78 is 6.23. The highest BCUT2D eigenvalue weighted by Gasteiger charge is 2.09. The second kappa shape index (κ2) is 7.42. The number of nitrogens with one attached hydrogen (secondary N) is 2. The molecule has 0 aliphatic rings. The number of amides is 2. The van der Waals surface area contributed by atoms with Crippen molar-refractivity contribution in [2.45, 2.75) is 13.8 Å². The first kappa shape index (κ1) is 16.5. The fourth-order valence-electron chi connectivity index (χ4n) is 1.62. The van der Waals surface area contributed by atoms with Crippen LogP contribution in [0.4, 0.5) is 0 Å². The van der Waals surface area contributed by atoms with E-state index in [0.717, 1.165) is 14.9 Å². The lowest BCUT2D eigenvalue weighted by molar-refractivity contribution is -0.123. The lowest BCUT2D eigenvalue weighted by Crippen LogP contribution is -2.43. The number of carbonyl (C=O) groups is 2. The maximum absolute atomic E-state index is 11.7. The van der Waals surface area contributed by atoms with Gasteiger partial charge in [0.2, 0.25) is 0 Å². The average molecular weight is 383 g/mol. The molecule has 5 nitrogen and oxygen atoms in total. The maximum atomic E-state index is 11.7. The molecular weight excluding hydrogens is 368 g/mol. The van der Waals surface area contributed by atoms with Gasteiger partial charge in [-0.25, -0.2) is 0 Å². The van der Waals surface area contributed by atoms with Crippen LogP contribution in [0.15, 0.2) is 33.4 Å². The lowest BCUT2D eigenvalue weighted by Gasteiger charge is -2.09. The smallest absolute Gasteiger partial charge is 0.276 e. The third-order valence-electron chi connectivity index (χ3n) is 2.99. The molecule has 22 heavy (non-hydrogen) atoms. The minimum Gasteiger partial charge on any atom is -0.484 e. The molecule has 2 aromatic rings. The topological polar surface area (TPSA) is 67.4 Å². The molecule has 2 amide bonds. The van der Waals surface area contributed by atoms with Crippen molar-refractivity contribution in [3.05, 3.63) is 50.1 Å². The molecule has 1 aromatic carbocycles. The van der Waals surface area contributed by atoms with Crippen molar-refractivity contribution in [3.63, 3.8) is 0 Å². The molecule has 0 fully saturated rings. The predicted octanol–water partition coefficient (Wildman–Crippen LogP) is 2.97. The molecule has 0 atom stereocenters. The van der Waals surface area contributed by atoms with E-state index < -0.39 is 5.91 Å². The maximum Gasteiger partial charge on any atom is 0.276 e. The summed E-state index contributed by atoms with van der Waals surface area (Å²) in [5.41, 5.74) is 7.38. The fourth-order valence-corrected chi connectivity index (χ4v) is 2.75. The van der Waals surface area contributed by atoms with E-state index in [1.165, 1.54) is 11.3 Å². The molecule has 0 bridgehead atoms. The summed E-state index contributed by atoms with van der Waals surface area (Å²) in [5.74, 6) is -0.186. The van der Waals surface area contributed by atoms with E-state index in [0.29, 0.717) is 11.3 Å². The van der Waals surface area contributed by atoms with Gasteiger partial charge in [0.05, 0.1) is 9.35 Å². The molecule has 0 radical (unpaired) electrons. The number of ether oxygens (including phenoxy) is 1. The zero-order valence-electron chi connectivity index (χ0n) is 12.1. The minimum atomic E-state index is -0.430. The number of thiophene rings is 1. The van der Waals surface area contributed by atoms with Gasteiger partial charge in [-0.2, -0.15) is 0 Å². The number of hydrogen-bond acceptors (Lipinski definition) is 4. The number of rotatable bonds is 4. The Labute approximate surface area is 140 Å². The Bertz CT molecular complexity index is 700. The molecule has 7 heteroatoms. The van der Waals surface area contributed by atoms with Crippen LogP contribution in [0.5, 0.6) is 5.75 Å². The Morgan fingerprint density at radius 1 is 1.18 bits per heavy atom. The van der Waals surface area contributed by atoms with Crippen molar-refractivity contribution < 1.29 is 14.3 Å². The highest BCUT2D eigenvalue weighted by molar-refractivity contribution is 9.11. The Kier molecular flexibility index (Phi) is 5.57. The second-order valence-corrected chi connectivity index (χ2v) is 6.97. The molecule has 0 saturated heterocycles. The van der Waals surface area contributed by atoms with E-state index in [1.54, 1.807) is 17.5 Å². The second-order valence-electron chi connectivity index (χ2n) is 4.68. The van der Waals surface area contributed by atoms with Crippen molar-refractivity contribution in [3.8, 4) is 5.75 Å². The van der Waals surface area contributed by atoms with Gasteiger partial charge in [0.15, 0.2) is 6.61 Å². The van der Waals surface area contributed by atoms with Crippen LogP contribution in [0.3, 0.4) is 0 Å². The van der Waals surface area contributed by atoms with Crippen LogP contribution in [0.2, 0.25) is 0 Å². The SMILES string of the molecule is Cc1ccc(OCC(=O)NNC(=O)c2csc(Br)c2)cc1C. The van der Waals surface area contributed by atoms with Gasteiger partial charge in [-0.1, -0.05) is 6.07 Å². The van der Waals surface area contributed by atoms with Crippen molar-refractivity contribution in [1.82, 2.24) is 10.9 Å². The van der Waals surface area contributed by atoms with Gasteiger partial charge >= 0.3 is 0 Å². The molecule has 0 aliphatic carbocycles. The Balaban J connectivity index is 1.78. The normalized spacial score (nSPS) is 10.1. The summed E-state index contributed by atoms with van der Waals surface area (Å²) in [6.45, 7) is 3.81. The van der Waals surface area contributed by atoms with E-state index in [2.05, 4.69) is 26.8 Å². The number of hydrazine groups is 1. The van der Waals surface area contributed by atoms with Crippen molar-refractivity contribution in [1.29, 1.82) is 0 Å². The molecule has 0 aliphatic heterocycles. The summed E-state index contributed by atoms with van der Waals surface area (Å²) in [6.07, 6.45) is 0. The van der Waals surface area contributed by atoms with Crippen LogP contribution in [0.1, 0.15) is 21.5 Å². The molecule has 0 saturated carbocycles.